The molecule has 2 aliphatic rings. The van der Waals surface area contributed by atoms with E-state index in [1.807, 2.05) is 0 Å². The van der Waals surface area contributed by atoms with Gasteiger partial charge in [-0.3, -0.25) is 0 Å². The normalized spacial score (nSPS) is 25.6. The lowest BCUT2D eigenvalue weighted by atomic mass is 9.84. The lowest BCUT2D eigenvalue weighted by Crippen LogP contribution is -2.32. The summed E-state index contributed by atoms with van der Waals surface area (Å²) in [5.41, 5.74) is 3.45. The first-order chi connectivity index (χ1) is 9.67. The van der Waals surface area contributed by atoms with E-state index in [2.05, 4.69) is 43.4 Å². The number of hydrogen-bond acceptors (Lipinski definition) is 1. The van der Waals surface area contributed by atoms with Crippen molar-refractivity contribution < 1.29 is 0 Å². The zero-order valence-corrected chi connectivity index (χ0v) is 13.1. The van der Waals surface area contributed by atoms with Gasteiger partial charge in [0.25, 0.3) is 0 Å². The highest BCUT2D eigenvalue weighted by atomic mass is 14.9. The van der Waals surface area contributed by atoms with E-state index in [1.165, 1.54) is 51.5 Å². The Kier molecular flexibility index (Phi) is 4.16. The van der Waals surface area contributed by atoms with Crippen LogP contribution in [0.4, 0.5) is 0 Å². The van der Waals surface area contributed by atoms with Gasteiger partial charge in [0.1, 0.15) is 0 Å². The van der Waals surface area contributed by atoms with Gasteiger partial charge in [0, 0.05) is 6.04 Å². The molecule has 2 aliphatic carbocycles. The zero-order valence-electron chi connectivity index (χ0n) is 13.1. The molecule has 1 aromatic carbocycles. The number of fused-ring (bicyclic) bond motifs is 1. The molecule has 0 heterocycles. The monoisotopic (exact) mass is 271 g/mol. The maximum atomic E-state index is 3.88. The van der Waals surface area contributed by atoms with Crippen LogP contribution < -0.4 is 5.32 Å². The lowest BCUT2D eigenvalue weighted by molar-refractivity contribution is 0.255. The van der Waals surface area contributed by atoms with E-state index < -0.39 is 0 Å². The number of benzene rings is 1. The molecule has 0 bridgehead atoms. The van der Waals surface area contributed by atoms with Crippen molar-refractivity contribution in [2.45, 2.75) is 64.8 Å². The number of rotatable bonds is 4. The second-order valence-corrected chi connectivity index (χ2v) is 7.54. The van der Waals surface area contributed by atoms with Crippen molar-refractivity contribution in [1.29, 1.82) is 0 Å². The molecule has 0 aliphatic heterocycles. The van der Waals surface area contributed by atoms with Crippen LogP contribution in [-0.4, -0.2) is 6.54 Å². The second-order valence-electron chi connectivity index (χ2n) is 7.54. The van der Waals surface area contributed by atoms with Gasteiger partial charge in [-0.2, -0.15) is 0 Å². The molecule has 0 spiro atoms. The highest BCUT2D eigenvalue weighted by molar-refractivity contribution is 5.37. The topological polar surface area (TPSA) is 12.0 Å². The maximum absolute atomic E-state index is 3.88. The first kappa shape index (κ1) is 14.1. The molecule has 1 aromatic rings. The summed E-state index contributed by atoms with van der Waals surface area (Å²) in [5.74, 6) is 0.982. The van der Waals surface area contributed by atoms with E-state index in [4.69, 9.17) is 0 Å². The van der Waals surface area contributed by atoms with Crippen molar-refractivity contribution in [3.63, 3.8) is 0 Å². The van der Waals surface area contributed by atoms with E-state index in [9.17, 15) is 0 Å². The predicted octanol–water partition coefficient (Wildman–Crippen LogP) is 4.87. The van der Waals surface area contributed by atoms with E-state index >= 15 is 0 Å². The van der Waals surface area contributed by atoms with E-state index in [1.54, 1.807) is 11.1 Å². The molecule has 20 heavy (non-hydrogen) atoms. The van der Waals surface area contributed by atoms with Gasteiger partial charge in [-0.15, -0.1) is 0 Å². The van der Waals surface area contributed by atoms with E-state index in [0.717, 1.165) is 5.92 Å². The SMILES string of the molecule is CC1(C)Cc2ccccc2C1NCCC1CCCCC1. The molecule has 1 unspecified atom stereocenters. The van der Waals surface area contributed by atoms with Crippen molar-refractivity contribution in [2.24, 2.45) is 11.3 Å². The largest absolute Gasteiger partial charge is 0.309 e. The molecule has 1 fully saturated rings. The molecule has 1 nitrogen and oxygen atoms in total. The van der Waals surface area contributed by atoms with Crippen LogP contribution in [0.5, 0.6) is 0 Å². The molecule has 1 heteroatoms. The third kappa shape index (κ3) is 2.93. The highest BCUT2D eigenvalue weighted by Gasteiger charge is 2.38. The van der Waals surface area contributed by atoms with Gasteiger partial charge < -0.3 is 5.32 Å². The summed E-state index contributed by atoms with van der Waals surface area (Å²) in [6.45, 7) is 6.00. The summed E-state index contributed by atoms with van der Waals surface area (Å²) >= 11 is 0. The Morgan fingerprint density at radius 3 is 2.65 bits per heavy atom. The van der Waals surface area contributed by atoms with Crippen molar-refractivity contribution in [1.82, 2.24) is 5.32 Å². The Morgan fingerprint density at radius 1 is 1.10 bits per heavy atom. The average Bonchev–Trinajstić information content (AvgIpc) is 2.71. The van der Waals surface area contributed by atoms with Gasteiger partial charge in [0.2, 0.25) is 0 Å². The summed E-state index contributed by atoms with van der Waals surface area (Å²) in [4.78, 5) is 0. The van der Waals surface area contributed by atoms with Gasteiger partial charge in [-0.05, 0) is 41.8 Å². The van der Waals surface area contributed by atoms with Gasteiger partial charge in [-0.1, -0.05) is 70.2 Å². The van der Waals surface area contributed by atoms with Crippen molar-refractivity contribution in [3.8, 4) is 0 Å². The first-order valence-electron chi connectivity index (χ1n) is 8.48. The van der Waals surface area contributed by atoms with Gasteiger partial charge in [0.05, 0.1) is 0 Å². The van der Waals surface area contributed by atoms with Crippen LogP contribution in [0.1, 0.15) is 69.5 Å². The Balaban J connectivity index is 1.58. The Morgan fingerprint density at radius 2 is 1.85 bits per heavy atom. The fourth-order valence-corrected chi connectivity index (χ4v) is 4.28. The van der Waals surface area contributed by atoms with Crippen LogP contribution in [0.25, 0.3) is 0 Å². The van der Waals surface area contributed by atoms with Gasteiger partial charge in [0.15, 0.2) is 0 Å². The molecule has 110 valence electrons. The fourth-order valence-electron chi connectivity index (χ4n) is 4.28. The molecular formula is C19H29N. The molecule has 0 amide bonds. The zero-order chi connectivity index (χ0) is 14.0. The smallest absolute Gasteiger partial charge is 0.0377 e. The summed E-state index contributed by atoms with van der Waals surface area (Å²) in [5, 5.41) is 3.88. The molecule has 0 radical (unpaired) electrons. The number of hydrogen-bond donors (Lipinski definition) is 1. The molecule has 0 saturated heterocycles. The van der Waals surface area contributed by atoms with Crippen LogP contribution >= 0.6 is 0 Å². The minimum absolute atomic E-state index is 0.357. The molecule has 1 atom stereocenters. The Bertz CT molecular complexity index is 443. The Hall–Kier alpha value is -0.820. The fraction of sp³-hybridized carbons (Fsp3) is 0.684. The van der Waals surface area contributed by atoms with Gasteiger partial charge in [-0.25, -0.2) is 0 Å². The summed E-state index contributed by atoms with van der Waals surface area (Å²) in [6, 6.07) is 9.54. The molecule has 0 aromatic heterocycles. The van der Waals surface area contributed by atoms with Crippen LogP contribution in [0, 0.1) is 11.3 Å². The van der Waals surface area contributed by atoms with Crippen molar-refractivity contribution >= 4 is 0 Å². The first-order valence-corrected chi connectivity index (χ1v) is 8.48. The summed E-state index contributed by atoms with van der Waals surface area (Å²) < 4.78 is 0. The quantitative estimate of drug-likeness (QED) is 0.823. The van der Waals surface area contributed by atoms with Crippen molar-refractivity contribution in [2.75, 3.05) is 6.54 Å². The number of nitrogens with one attached hydrogen (secondary N) is 1. The molecule has 3 rings (SSSR count). The standard InChI is InChI=1S/C19H29N/c1-19(2)14-16-10-6-7-11-17(16)18(19)20-13-12-15-8-4-3-5-9-15/h6-7,10-11,15,18,20H,3-5,8-9,12-14H2,1-2H3. The predicted molar refractivity (Wildman–Crippen MR) is 85.9 cm³/mol. The van der Waals surface area contributed by atoms with E-state index in [-0.39, 0.29) is 0 Å². The summed E-state index contributed by atoms with van der Waals surface area (Å²) in [6.07, 6.45) is 9.90. The lowest BCUT2D eigenvalue weighted by Gasteiger charge is -2.30. The van der Waals surface area contributed by atoms with Crippen LogP contribution in [-0.2, 0) is 6.42 Å². The Labute approximate surface area is 124 Å². The molecular weight excluding hydrogens is 242 g/mol. The highest BCUT2D eigenvalue weighted by Crippen LogP contribution is 2.45. The maximum Gasteiger partial charge on any atom is 0.0377 e. The van der Waals surface area contributed by atoms with Gasteiger partial charge >= 0.3 is 0 Å². The summed E-state index contributed by atoms with van der Waals surface area (Å²) in [7, 11) is 0. The third-order valence-corrected chi connectivity index (χ3v) is 5.42. The minimum atomic E-state index is 0.357. The minimum Gasteiger partial charge on any atom is -0.309 e. The van der Waals surface area contributed by atoms with Crippen molar-refractivity contribution in [3.05, 3.63) is 35.4 Å². The van der Waals surface area contributed by atoms with Crippen LogP contribution in [0.2, 0.25) is 0 Å². The molecule has 1 N–H and O–H groups in total. The average molecular weight is 271 g/mol. The van der Waals surface area contributed by atoms with Crippen LogP contribution in [0.15, 0.2) is 24.3 Å². The van der Waals surface area contributed by atoms with Crippen LogP contribution in [0.3, 0.4) is 0 Å². The second kappa shape index (κ2) is 5.89. The van der Waals surface area contributed by atoms with E-state index in [0.29, 0.717) is 11.5 Å². The third-order valence-electron chi connectivity index (χ3n) is 5.42. The molecule has 1 saturated carbocycles.